The second-order valence-electron chi connectivity index (χ2n) is 9.11. The average Bonchev–Trinajstić information content (AvgIpc) is 3.19. The predicted molar refractivity (Wildman–Crippen MR) is 122 cm³/mol. The van der Waals surface area contributed by atoms with Crippen LogP contribution in [-0.4, -0.2) is 58.0 Å². The molecule has 0 bridgehead atoms. The van der Waals surface area contributed by atoms with E-state index < -0.39 is 0 Å². The van der Waals surface area contributed by atoms with Gasteiger partial charge in [-0.1, -0.05) is 25.5 Å². The summed E-state index contributed by atoms with van der Waals surface area (Å²) in [6.07, 6.45) is 6.03. The van der Waals surface area contributed by atoms with Crippen LogP contribution in [0.1, 0.15) is 62.1 Å². The number of phenols is 1. The number of likely N-dealkylation sites (tertiary alicyclic amines) is 1. The highest BCUT2D eigenvalue weighted by atomic mass is 16.5. The molecule has 2 N–H and O–H groups in total. The number of benzene rings is 1. The zero-order chi connectivity index (χ0) is 21.2. The summed E-state index contributed by atoms with van der Waals surface area (Å²) in [5, 5.41) is 20.5. The molecule has 5 rings (SSSR count). The van der Waals surface area contributed by atoms with Crippen molar-refractivity contribution in [1.82, 2.24) is 20.1 Å². The normalized spacial score (nSPS) is 19.6. The van der Waals surface area contributed by atoms with Crippen molar-refractivity contribution in [2.75, 3.05) is 32.8 Å². The van der Waals surface area contributed by atoms with Gasteiger partial charge in [0.1, 0.15) is 5.75 Å². The Morgan fingerprint density at radius 3 is 2.68 bits per heavy atom. The largest absolute Gasteiger partial charge is 0.507 e. The van der Waals surface area contributed by atoms with E-state index in [1.807, 2.05) is 18.2 Å². The summed E-state index contributed by atoms with van der Waals surface area (Å²) in [5.41, 5.74) is 4.97. The summed E-state index contributed by atoms with van der Waals surface area (Å²) >= 11 is 0. The lowest BCUT2D eigenvalue weighted by Gasteiger charge is -2.30. The molecular weight excluding hydrogens is 388 g/mol. The van der Waals surface area contributed by atoms with Crippen LogP contribution in [0.25, 0.3) is 22.3 Å². The van der Waals surface area contributed by atoms with Crippen molar-refractivity contribution in [2.45, 2.75) is 50.9 Å². The molecule has 0 amide bonds. The van der Waals surface area contributed by atoms with Crippen LogP contribution >= 0.6 is 0 Å². The molecule has 2 fully saturated rings. The number of H-pyrrole nitrogens is 1. The molecule has 2 saturated heterocycles. The van der Waals surface area contributed by atoms with Crippen molar-refractivity contribution in [3.8, 4) is 17.0 Å². The van der Waals surface area contributed by atoms with E-state index in [1.54, 1.807) is 6.07 Å². The number of aromatic nitrogens is 3. The van der Waals surface area contributed by atoms with Gasteiger partial charge in [0.2, 0.25) is 0 Å². The van der Waals surface area contributed by atoms with Gasteiger partial charge in [-0.05, 0) is 68.5 Å². The second kappa shape index (κ2) is 8.97. The molecule has 2 aliphatic heterocycles. The number of ether oxygens (including phenoxy) is 1. The molecular formula is C25H32N4O2. The number of para-hydroxylation sites is 1. The van der Waals surface area contributed by atoms with Gasteiger partial charge in [-0.3, -0.25) is 0 Å². The minimum Gasteiger partial charge on any atom is -0.507 e. The Morgan fingerprint density at radius 2 is 1.90 bits per heavy atom. The van der Waals surface area contributed by atoms with Crippen molar-refractivity contribution in [3.63, 3.8) is 0 Å². The molecule has 6 heteroatoms. The smallest absolute Gasteiger partial charge is 0.160 e. The van der Waals surface area contributed by atoms with Crippen LogP contribution in [0.3, 0.4) is 0 Å². The number of nitrogens with zero attached hydrogens (tertiary/aromatic N) is 3. The lowest BCUT2D eigenvalue weighted by molar-refractivity contribution is 0.0843. The lowest BCUT2D eigenvalue weighted by atomic mass is 9.87. The van der Waals surface area contributed by atoms with E-state index in [4.69, 9.17) is 4.74 Å². The van der Waals surface area contributed by atoms with Crippen LogP contribution in [0.2, 0.25) is 0 Å². The molecule has 0 spiro atoms. The highest BCUT2D eigenvalue weighted by molar-refractivity contribution is 5.86. The lowest BCUT2D eigenvalue weighted by Crippen LogP contribution is -2.33. The topological polar surface area (TPSA) is 74.3 Å². The number of hydrogen-bond donors (Lipinski definition) is 2. The van der Waals surface area contributed by atoms with Gasteiger partial charge in [0.25, 0.3) is 0 Å². The SMILES string of the molecule is C[C@@H](CN1CCCCC1)c1c(C2CCOCC2)[nH]c2nnc(-c3ccccc3O)cc12. The van der Waals surface area contributed by atoms with Crippen LogP contribution in [0.5, 0.6) is 5.75 Å². The van der Waals surface area contributed by atoms with Crippen LogP contribution in [-0.2, 0) is 4.74 Å². The first-order valence-electron chi connectivity index (χ1n) is 11.7. The van der Waals surface area contributed by atoms with Crippen LogP contribution in [0, 0.1) is 0 Å². The maximum Gasteiger partial charge on any atom is 0.160 e. The van der Waals surface area contributed by atoms with Crippen LogP contribution in [0.4, 0.5) is 0 Å². The van der Waals surface area contributed by atoms with Gasteiger partial charge >= 0.3 is 0 Å². The number of piperidine rings is 1. The van der Waals surface area contributed by atoms with E-state index in [-0.39, 0.29) is 5.75 Å². The van der Waals surface area contributed by atoms with E-state index in [1.165, 1.54) is 43.6 Å². The molecule has 31 heavy (non-hydrogen) atoms. The quantitative estimate of drug-likeness (QED) is 0.619. The molecule has 2 aromatic heterocycles. The molecule has 0 radical (unpaired) electrons. The average molecular weight is 421 g/mol. The van der Waals surface area contributed by atoms with Gasteiger partial charge < -0.3 is 19.7 Å². The van der Waals surface area contributed by atoms with Crippen LogP contribution < -0.4 is 0 Å². The molecule has 4 heterocycles. The number of aromatic hydroxyl groups is 1. The highest BCUT2D eigenvalue weighted by Crippen LogP contribution is 2.39. The van der Waals surface area contributed by atoms with Gasteiger partial charge in [-0.15, -0.1) is 10.2 Å². The highest BCUT2D eigenvalue weighted by Gasteiger charge is 2.27. The minimum absolute atomic E-state index is 0.235. The third kappa shape index (κ3) is 4.19. The third-order valence-corrected chi connectivity index (χ3v) is 6.91. The summed E-state index contributed by atoms with van der Waals surface area (Å²) in [6.45, 7) is 7.44. The number of nitrogens with one attached hydrogen (secondary N) is 1. The van der Waals surface area contributed by atoms with E-state index in [2.05, 4.69) is 33.1 Å². The van der Waals surface area contributed by atoms with Crippen molar-refractivity contribution in [2.24, 2.45) is 0 Å². The first kappa shape index (κ1) is 20.5. The fraction of sp³-hybridized carbons (Fsp3) is 0.520. The number of fused-ring (bicyclic) bond motifs is 1. The van der Waals surface area contributed by atoms with Crippen molar-refractivity contribution in [1.29, 1.82) is 0 Å². The Kier molecular flexibility index (Phi) is 5.92. The summed E-state index contributed by atoms with van der Waals surface area (Å²) in [6, 6.07) is 9.46. The Morgan fingerprint density at radius 1 is 1.13 bits per heavy atom. The molecule has 2 aliphatic rings. The zero-order valence-electron chi connectivity index (χ0n) is 18.3. The Hall–Kier alpha value is -2.44. The Bertz CT molecular complexity index is 1040. The van der Waals surface area contributed by atoms with Crippen LogP contribution in [0.15, 0.2) is 30.3 Å². The van der Waals surface area contributed by atoms with Gasteiger partial charge in [0.15, 0.2) is 5.65 Å². The van der Waals surface area contributed by atoms with Gasteiger partial charge in [0.05, 0.1) is 5.69 Å². The monoisotopic (exact) mass is 420 g/mol. The van der Waals surface area contributed by atoms with E-state index in [0.29, 0.717) is 11.8 Å². The summed E-state index contributed by atoms with van der Waals surface area (Å²) in [4.78, 5) is 6.25. The van der Waals surface area contributed by atoms with E-state index in [0.717, 1.165) is 54.9 Å². The fourth-order valence-electron chi connectivity index (χ4n) is 5.31. The number of phenolic OH excluding ortho intramolecular Hbond substituents is 1. The molecule has 164 valence electrons. The standard InChI is InChI=1S/C25H32N4O2/c1-17(16-29-11-5-2-6-12-29)23-20-15-21(19-7-3-4-8-22(19)30)27-28-25(20)26-24(23)18-9-13-31-14-10-18/h3-4,7-8,15,17-18,30H,2,5-6,9-14,16H2,1H3,(H,26,28)/t17-/m0/s1. The number of rotatable bonds is 5. The molecule has 0 saturated carbocycles. The Balaban J connectivity index is 1.57. The van der Waals surface area contributed by atoms with Crippen molar-refractivity contribution in [3.05, 3.63) is 41.6 Å². The zero-order valence-corrected chi connectivity index (χ0v) is 18.3. The molecule has 1 aromatic carbocycles. The first-order chi connectivity index (χ1) is 15.2. The molecule has 6 nitrogen and oxygen atoms in total. The fourth-order valence-corrected chi connectivity index (χ4v) is 5.31. The maximum atomic E-state index is 10.3. The van der Waals surface area contributed by atoms with E-state index in [9.17, 15) is 5.11 Å². The predicted octanol–water partition coefficient (Wildman–Crippen LogP) is 4.81. The summed E-state index contributed by atoms with van der Waals surface area (Å²) in [7, 11) is 0. The minimum atomic E-state index is 0.235. The Labute approximate surface area is 183 Å². The number of hydrogen-bond acceptors (Lipinski definition) is 5. The number of aromatic amines is 1. The maximum absolute atomic E-state index is 10.3. The first-order valence-corrected chi connectivity index (χ1v) is 11.7. The van der Waals surface area contributed by atoms with Crippen molar-refractivity contribution >= 4 is 11.0 Å². The second-order valence-corrected chi connectivity index (χ2v) is 9.11. The van der Waals surface area contributed by atoms with E-state index >= 15 is 0 Å². The third-order valence-electron chi connectivity index (χ3n) is 6.91. The van der Waals surface area contributed by atoms with Crippen molar-refractivity contribution < 1.29 is 9.84 Å². The van der Waals surface area contributed by atoms with Gasteiger partial charge in [-0.2, -0.15) is 0 Å². The molecule has 1 atom stereocenters. The summed E-state index contributed by atoms with van der Waals surface area (Å²) in [5.74, 6) is 1.10. The molecule has 0 unspecified atom stereocenters. The molecule has 3 aromatic rings. The molecule has 0 aliphatic carbocycles. The van der Waals surface area contributed by atoms with Gasteiger partial charge in [0, 0.05) is 42.3 Å². The summed E-state index contributed by atoms with van der Waals surface area (Å²) < 4.78 is 5.63. The van der Waals surface area contributed by atoms with Gasteiger partial charge in [-0.25, -0.2) is 0 Å².